The molecular weight excluding hydrogens is 456 g/mol. The third kappa shape index (κ3) is 6.94. The minimum Gasteiger partial charge on any atom is -0.350 e. The molecule has 0 saturated carbocycles. The standard InChI is InChI=1S/C16H20FN5OS.HI/c1-10-11(2)24-15(21-10)9-20-16(18-3)19-8-14(23)22-13-6-4-12(17)5-7-13;/h4-7H,8-9H2,1-3H3,(H,22,23)(H2,18,19,20);1H. The number of anilines is 1. The predicted octanol–water partition coefficient (Wildman–Crippen LogP) is 2.82. The molecule has 1 aromatic carbocycles. The van der Waals surface area contributed by atoms with E-state index in [4.69, 9.17) is 0 Å². The summed E-state index contributed by atoms with van der Waals surface area (Å²) in [5, 5.41) is 9.67. The number of hydrogen-bond donors (Lipinski definition) is 3. The average Bonchev–Trinajstić information content (AvgIpc) is 2.88. The molecule has 0 atom stereocenters. The Balaban J connectivity index is 0.00000312. The maximum absolute atomic E-state index is 12.8. The second-order valence-electron chi connectivity index (χ2n) is 5.08. The molecular formula is C16H21FIN5OS. The van der Waals surface area contributed by atoms with Gasteiger partial charge < -0.3 is 16.0 Å². The summed E-state index contributed by atoms with van der Waals surface area (Å²) in [7, 11) is 1.63. The van der Waals surface area contributed by atoms with Crippen LogP contribution < -0.4 is 16.0 Å². The number of aromatic nitrogens is 1. The Kier molecular flexibility index (Phi) is 8.76. The van der Waals surface area contributed by atoms with Crippen molar-refractivity contribution >= 4 is 52.9 Å². The van der Waals surface area contributed by atoms with E-state index in [9.17, 15) is 9.18 Å². The van der Waals surface area contributed by atoms with Crippen LogP contribution in [-0.4, -0.2) is 30.4 Å². The van der Waals surface area contributed by atoms with E-state index < -0.39 is 0 Å². The number of nitrogens with zero attached hydrogens (tertiary/aromatic N) is 2. The topological polar surface area (TPSA) is 78.4 Å². The number of carbonyl (C=O) groups is 1. The van der Waals surface area contributed by atoms with Crippen LogP contribution in [0.4, 0.5) is 10.1 Å². The van der Waals surface area contributed by atoms with Crippen molar-refractivity contribution in [3.63, 3.8) is 0 Å². The number of aryl methyl sites for hydroxylation is 2. The van der Waals surface area contributed by atoms with Gasteiger partial charge in [-0.05, 0) is 38.1 Å². The molecule has 0 aliphatic heterocycles. The maximum Gasteiger partial charge on any atom is 0.243 e. The molecule has 6 nitrogen and oxygen atoms in total. The second kappa shape index (κ2) is 10.3. The van der Waals surface area contributed by atoms with Gasteiger partial charge in [0.25, 0.3) is 0 Å². The van der Waals surface area contributed by atoms with Gasteiger partial charge >= 0.3 is 0 Å². The van der Waals surface area contributed by atoms with Crippen molar-refractivity contribution in [2.75, 3.05) is 18.9 Å². The highest BCUT2D eigenvalue weighted by molar-refractivity contribution is 14.0. The molecule has 1 amide bonds. The second-order valence-corrected chi connectivity index (χ2v) is 6.37. The number of halogens is 2. The number of hydrogen-bond acceptors (Lipinski definition) is 4. The average molecular weight is 477 g/mol. The van der Waals surface area contributed by atoms with Gasteiger partial charge in [0.1, 0.15) is 10.8 Å². The van der Waals surface area contributed by atoms with Gasteiger partial charge in [-0.2, -0.15) is 0 Å². The molecule has 0 spiro atoms. The summed E-state index contributed by atoms with van der Waals surface area (Å²) in [4.78, 5) is 21.6. The molecule has 0 saturated heterocycles. The lowest BCUT2D eigenvalue weighted by Crippen LogP contribution is -2.41. The summed E-state index contributed by atoms with van der Waals surface area (Å²) < 4.78 is 12.8. The maximum atomic E-state index is 12.8. The van der Waals surface area contributed by atoms with E-state index in [0.717, 1.165) is 10.7 Å². The highest BCUT2D eigenvalue weighted by Gasteiger charge is 2.07. The molecule has 0 aliphatic rings. The number of aliphatic imine (C=N–C) groups is 1. The number of thiazole rings is 1. The molecule has 0 fully saturated rings. The molecule has 1 aromatic heterocycles. The van der Waals surface area contributed by atoms with Gasteiger partial charge in [0.15, 0.2) is 5.96 Å². The van der Waals surface area contributed by atoms with E-state index in [1.165, 1.54) is 29.1 Å². The SMILES string of the molecule is CN=C(NCC(=O)Nc1ccc(F)cc1)NCc1nc(C)c(C)s1.I. The first kappa shape index (κ1) is 21.3. The molecule has 1 heterocycles. The van der Waals surface area contributed by atoms with E-state index in [2.05, 4.69) is 25.9 Å². The van der Waals surface area contributed by atoms with Gasteiger partial charge in [-0.15, -0.1) is 35.3 Å². The zero-order valence-corrected chi connectivity index (χ0v) is 17.4. The molecule has 0 unspecified atom stereocenters. The Morgan fingerprint density at radius 3 is 2.48 bits per heavy atom. The van der Waals surface area contributed by atoms with E-state index in [0.29, 0.717) is 18.2 Å². The summed E-state index contributed by atoms with van der Waals surface area (Å²) in [6.07, 6.45) is 0. The Labute approximate surface area is 167 Å². The van der Waals surface area contributed by atoms with Gasteiger partial charge in [-0.1, -0.05) is 0 Å². The van der Waals surface area contributed by atoms with Crippen molar-refractivity contribution in [1.82, 2.24) is 15.6 Å². The summed E-state index contributed by atoms with van der Waals surface area (Å²) in [6.45, 7) is 4.59. The first-order valence-corrected chi connectivity index (χ1v) is 8.22. The van der Waals surface area contributed by atoms with Gasteiger partial charge in [0.2, 0.25) is 5.91 Å². The largest absolute Gasteiger partial charge is 0.350 e. The van der Waals surface area contributed by atoms with E-state index in [1.54, 1.807) is 18.4 Å². The fourth-order valence-electron chi connectivity index (χ4n) is 1.90. The van der Waals surface area contributed by atoms with Crippen molar-refractivity contribution in [1.29, 1.82) is 0 Å². The smallest absolute Gasteiger partial charge is 0.243 e. The van der Waals surface area contributed by atoms with Crippen LogP contribution in [0, 0.1) is 19.7 Å². The molecule has 2 rings (SSSR count). The normalized spacial score (nSPS) is 10.8. The summed E-state index contributed by atoms with van der Waals surface area (Å²) in [5.41, 5.74) is 1.57. The minimum atomic E-state index is -0.344. The fourth-order valence-corrected chi connectivity index (χ4v) is 2.77. The van der Waals surface area contributed by atoms with Crippen LogP contribution in [0.3, 0.4) is 0 Å². The van der Waals surface area contributed by atoms with Crippen LogP contribution in [-0.2, 0) is 11.3 Å². The molecule has 2 aromatic rings. The number of rotatable bonds is 5. The first-order chi connectivity index (χ1) is 11.5. The van der Waals surface area contributed by atoms with Crippen molar-refractivity contribution in [2.45, 2.75) is 20.4 Å². The van der Waals surface area contributed by atoms with Crippen molar-refractivity contribution in [3.8, 4) is 0 Å². The summed E-state index contributed by atoms with van der Waals surface area (Å²) in [6, 6.07) is 5.60. The van der Waals surface area contributed by atoms with Crippen LogP contribution in [0.5, 0.6) is 0 Å². The molecule has 0 bridgehead atoms. The predicted molar refractivity (Wildman–Crippen MR) is 110 cm³/mol. The Bertz CT molecular complexity index is 713. The molecule has 25 heavy (non-hydrogen) atoms. The van der Waals surface area contributed by atoms with E-state index in [1.807, 2.05) is 13.8 Å². The highest BCUT2D eigenvalue weighted by Crippen LogP contribution is 2.15. The Hall–Kier alpha value is -1.75. The highest BCUT2D eigenvalue weighted by atomic mass is 127. The zero-order valence-electron chi connectivity index (χ0n) is 14.2. The van der Waals surface area contributed by atoms with Crippen LogP contribution >= 0.6 is 35.3 Å². The Morgan fingerprint density at radius 2 is 1.92 bits per heavy atom. The van der Waals surface area contributed by atoms with Crippen LogP contribution in [0.15, 0.2) is 29.3 Å². The van der Waals surface area contributed by atoms with Crippen LogP contribution in [0.1, 0.15) is 15.6 Å². The number of amides is 1. The van der Waals surface area contributed by atoms with Crippen molar-refractivity contribution < 1.29 is 9.18 Å². The first-order valence-electron chi connectivity index (χ1n) is 7.40. The third-order valence-corrected chi connectivity index (χ3v) is 4.32. The number of guanidine groups is 1. The lowest BCUT2D eigenvalue weighted by molar-refractivity contribution is -0.115. The Morgan fingerprint density at radius 1 is 1.24 bits per heavy atom. The van der Waals surface area contributed by atoms with Gasteiger partial charge in [0.05, 0.1) is 18.8 Å². The quantitative estimate of drug-likeness (QED) is 0.352. The lowest BCUT2D eigenvalue weighted by Gasteiger charge is -2.11. The third-order valence-electron chi connectivity index (χ3n) is 3.25. The molecule has 0 radical (unpaired) electrons. The molecule has 136 valence electrons. The molecule has 9 heteroatoms. The van der Waals surface area contributed by atoms with Crippen LogP contribution in [0.25, 0.3) is 0 Å². The summed E-state index contributed by atoms with van der Waals surface area (Å²) >= 11 is 1.63. The summed E-state index contributed by atoms with van der Waals surface area (Å²) in [5.74, 6) is -0.0800. The fraction of sp³-hybridized carbons (Fsp3) is 0.312. The van der Waals surface area contributed by atoms with Gasteiger partial charge in [-0.3, -0.25) is 9.79 Å². The van der Waals surface area contributed by atoms with Crippen molar-refractivity contribution in [2.24, 2.45) is 4.99 Å². The lowest BCUT2D eigenvalue weighted by atomic mass is 10.3. The number of carbonyl (C=O) groups excluding carboxylic acids is 1. The molecule has 3 N–H and O–H groups in total. The monoisotopic (exact) mass is 477 g/mol. The number of benzene rings is 1. The molecule has 0 aliphatic carbocycles. The van der Waals surface area contributed by atoms with Gasteiger partial charge in [-0.25, -0.2) is 9.37 Å². The van der Waals surface area contributed by atoms with Crippen molar-refractivity contribution in [3.05, 3.63) is 45.7 Å². The van der Waals surface area contributed by atoms with E-state index in [-0.39, 0.29) is 42.2 Å². The van der Waals surface area contributed by atoms with Crippen LogP contribution in [0.2, 0.25) is 0 Å². The van der Waals surface area contributed by atoms with Gasteiger partial charge in [0, 0.05) is 17.6 Å². The number of nitrogens with one attached hydrogen (secondary N) is 3. The van der Waals surface area contributed by atoms with E-state index >= 15 is 0 Å². The zero-order chi connectivity index (χ0) is 17.5. The minimum absolute atomic E-state index is 0.